The molecule has 0 spiro atoms. The highest BCUT2D eigenvalue weighted by Crippen LogP contribution is 2.39. The van der Waals surface area contributed by atoms with Crippen LogP contribution in [0.1, 0.15) is 40.0 Å². The topological polar surface area (TPSA) is 57.5 Å². The van der Waals surface area contributed by atoms with Gasteiger partial charge in [0.2, 0.25) is 0 Å². The quantitative estimate of drug-likeness (QED) is 0.604. The number of halogens is 1. The van der Waals surface area contributed by atoms with E-state index in [2.05, 4.69) is 22.6 Å². The minimum absolute atomic E-state index is 0.564. The third-order valence-electron chi connectivity index (χ3n) is 2.50. The first-order chi connectivity index (χ1) is 5.81. The molecule has 0 fully saturated rings. The fraction of sp³-hybridized carbons (Fsp3) is 0.889. The summed E-state index contributed by atoms with van der Waals surface area (Å²) in [4.78, 5) is 10.8. The lowest BCUT2D eigenvalue weighted by Crippen LogP contribution is -2.53. The summed E-state index contributed by atoms with van der Waals surface area (Å²) in [5.41, 5.74) is -1.64. The van der Waals surface area contributed by atoms with Crippen molar-refractivity contribution < 1.29 is 15.0 Å². The molecule has 4 heteroatoms. The number of rotatable bonds is 5. The van der Waals surface area contributed by atoms with Crippen molar-refractivity contribution in [3.63, 3.8) is 0 Å². The predicted molar refractivity (Wildman–Crippen MR) is 60.2 cm³/mol. The number of aliphatic carboxylic acids is 1. The van der Waals surface area contributed by atoms with Gasteiger partial charge in [-0.15, -0.1) is 0 Å². The van der Waals surface area contributed by atoms with E-state index >= 15 is 0 Å². The molecule has 0 aromatic rings. The summed E-state index contributed by atoms with van der Waals surface area (Å²) in [6.07, 6.45) is 2.24. The van der Waals surface area contributed by atoms with Gasteiger partial charge in [-0.05, 0) is 19.8 Å². The average Bonchev–Trinajstić information content (AvgIpc) is 2.04. The number of carboxylic acid groups (broad SMARTS) is 1. The fourth-order valence-corrected chi connectivity index (χ4v) is 2.12. The van der Waals surface area contributed by atoms with Gasteiger partial charge >= 0.3 is 5.97 Å². The first-order valence-corrected chi connectivity index (χ1v) is 5.54. The van der Waals surface area contributed by atoms with Crippen molar-refractivity contribution in [3.8, 4) is 0 Å². The van der Waals surface area contributed by atoms with Gasteiger partial charge in [0.25, 0.3) is 0 Å². The second kappa shape index (κ2) is 4.59. The molecular formula is C9H17IO3. The van der Waals surface area contributed by atoms with Gasteiger partial charge in [0, 0.05) is 0 Å². The van der Waals surface area contributed by atoms with Crippen LogP contribution in [0.5, 0.6) is 0 Å². The Labute approximate surface area is 92.7 Å². The molecule has 2 N–H and O–H groups in total. The molecule has 0 unspecified atom stereocenters. The number of alkyl halides is 1. The molecule has 0 aliphatic carbocycles. The van der Waals surface area contributed by atoms with Gasteiger partial charge < -0.3 is 10.2 Å². The second-order valence-electron chi connectivity index (χ2n) is 3.45. The van der Waals surface area contributed by atoms with Crippen LogP contribution in [0, 0.1) is 0 Å². The van der Waals surface area contributed by atoms with E-state index in [9.17, 15) is 9.90 Å². The maximum atomic E-state index is 10.8. The van der Waals surface area contributed by atoms with Crippen molar-refractivity contribution >= 4 is 28.6 Å². The van der Waals surface area contributed by atoms with Gasteiger partial charge in [-0.25, -0.2) is 4.79 Å². The van der Waals surface area contributed by atoms with Crippen molar-refractivity contribution in [2.75, 3.05) is 0 Å². The Hall–Kier alpha value is 0.160. The monoisotopic (exact) mass is 300 g/mol. The maximum absolute atomic E-state index is 10.8. The van der Waals surface area contributed by atoms with E-state index in [1.807, 2.05) is 13.8 Å². The molecule has 0 aliphatic rings. The number of hydrogen-bond donors (Lipinski definition) is 2. The van der Waals surface area contributed by atoms with Gasteiger partial charge in [0.05, 0.1) is 3.42 Å². The Morgan fingerprint density at radius 3 is 2.15 bits per heavy atom. The SMILES string of the molecule is CCC[C@@](I)(CC)[C@@](C)(O)C(=O)O. The molecule has 0 aromatic heterocycles. The molecule has 0 aliphatic heterocycles. The number of aliphatic hydroxyl groups is 1. The zero-order chi connectivity index (χ0) is 10.7. The smallest absolute Gasteiger partial charge is 0.336 e. The molecule has 0 rings (SSSR count). The molecule has 0 aromatic carbocycles. The van der Waals surface area contributed by atoms with E-state index in [1.54, 1.807) is 0 Å². The summed E-state index contributed by atoms with van der Waals surface area (Å²) in [6, 6.07) is 0. The van der Waals surface area contributed by atoms with Gasteiger partial charge in [-0.3, -0.25) is 0 Å². The maximum Gasteiger partial charge on any atom is 0.336 e. The lowest BCUT2D eigenvalue weighted by molar-refractivity contribution is -0.159. The highest BCUT2D eigenvalue weighted by atomic mass is 127. The van der Waals surface area contributed by atoms with E-state index in [0.29, 0.717) is 12.8 Å². The number of carbonyl (C=O) groups is 1. The first-order valence-electron chi connectivity index (χ1n) is 4.46. The highest BCUT2D eigenvalue weighted by molar-refractivity contribution is 14.1. The Morgan fingerprint density at radius 2 is 1.92 bits per heavy atom. The summed E-state index contributed by atoms with van der Waals surface area (Å²) in [5.74, 6) is -1.14. The minimum Gasteiger partial charge on any atom is -0.479 e. The fourth-order valence-electron chi connectivity index (χ4n) is 1.35. The third-order valence-corrected chi connectivity index (χ3v) is 4.85. The molecule has 78 valence electrons. The van der Waals surface area contributed by atoms with Crippen LogP contribution in [-0.4, -0.2) is 25.2 Å². The van der Waals surface area contributed by atoms with Gasteiger partial charge in [-0.1, -0.05) is 42.9 Å². The third kappa shape index (κ3) is 2.56. The van der Waals surface area contributed by atoms with E-state index in [4.69, 9.17) is 5.11 Å². The summed E-state index contributed by atoms with van der Waals surface area (Å²) >= 11 is 2.07. The lowest BCUT2D eigenvalue weighted by atomic mass is 9.83. The molecule has 13 heavy (non-hydrogen) atoms. The van der Waals surface area contributed by atoms with Crippen LogP contribution >= 0.6 is 22.6 Å². The van der Waals surface area contributed by atoms with Crippen molar-refractivity contribution in [2.24, 2.45) is 0 Å². The van der Waals surface area contributed by atoms with E-state index in [-0.39, 0.29) is 0 Å². The van der Waals surface area contributed by atoms with Crippen molar-refractivity contribution in [2.45, 2.75) is 49.1 Å². The standard InChI is InChI=1S/C9H17IO3/c1-4-6-9(10,5-2)8(3,13)7(11)12/h13H,4-6H2,1-3H3,(H,11,12)/t8-,9-/m0/s1. The Bertz CT molecular complexity index is 191. The molecule has 2 atom stereocenters. The van der Waals surface area contributed by atoms with E-state index < -0.39 is 15.0 Å². The summed E-state index contributed by atoms with van der Waals surface area (Å²) in [5, 5.41) is 18.7. The van der Waals surface area contributed by atoms with Crippen LogP contribution in [0.15, 0.2) is 0 Å². The van der Waals surface area contributed by atoms with Crippen LogP contribution in [0.4, 0.5) is 0 Å². The highest BCUT2D eigenvalue weighted by Gasteiger charge is 2.48. The van der Waals surface area contributed by atoms with Crippen LogP contribution in [0.3, 0.4) is 0 Å². The molecular weight excluding hydrogens is 283 g/mol. The largest absolute Gasteiger partial charge is 0.479 e. The van der Waals surface area contributed by atoms with Gasteiger partial charge in [0.15, 0.2) is 5.60 Å². The zero-order valence-electron chi connectivity index (χ0n) is 8.30. The molecule has 0 bridgehead atoms. The van der Waals surface area contributed by atoms with Crippen LogP contribution in [0.2, 0.25) is 0 Å². The normalized spacial score (nSPS) is 20.4. The zero-order valence-corrected chi connectivity index (χ0v) is 10.5. The molecule has 3 nitrogen and oxygen atoms in total. The van der Waals surface area contributed by atoms with Crippen LogP contribution in [-0.2, 0) is 4.79 Å². The Morgan fingerprint density at radius 1 is 1.46 bits per heavy atom. The number of carboxylic acids is 1. The molecule has 0 saturated heterocycles. The van der Waals surface area contributed by atoms with E-state index in [1.165, 1.54) is 6.92 Å². The average molecular weight is 300 g/mol. The predicted octanol–water partition coefficient (Wildman–Crippen LogP) is 2.21. The van der Waals surface area contributed by atoms with Crippen molar-refractivity contribution in [3.05, 3.63) is 0 Å². The molecule has 0 saturated carbocycles. The summed E-state index contributed by atoms with van der Waals surface area (Å²) in [6.45, 7) is 5.27. The molecule has 0 radical (unpaired) electrons. The second-order valence-corrected chi connectivity index (χ2v) is 5.51. The van der Waals surface area contributed by atoms with Crippen molar-refractivity contribution in [1.29, 1.82) is 0 Å². The van der Waals surface area contributed by atoms with E-state index in [0.717, 1.165) is 6.42 Å². The Kier molecular flexibility index (Phi) is 4.65. The summed E-state index contributed by atoms with van der Waals surface area (Å²) in [7, 11) is 0. The van der Waals surface area contributed by atoms with Gasteiger partial charge in [0.1, 0.15) is 0 Å². The summed E-state index contributed by atoms with van der Waals surface area (Å²) < 4.78 is -0.564. The van der Waals surface area contributed by atoms with Crippen LogP contribution < -0.4 is 0 Å². The minimum atomic E-state index is -1.64. The first kappa shape index (κ1) is 13.2. The number of hydrogen-bond acceptors (Lipinski definition) is 2. The molecule has 0 amide bonds. The van der Waals surface area contributed by atoms with Crippen molar-refractivity contribution in [1.82, 2.24) is 0 Å². The van der Waals surface area contributed by atoms with Gasteiger partial charge in [-0.2, -0.15) is 0 Å². The lowest BCUT2D eigenvalue weighted by Gasteiger charge is -2.37. The van der Waals surface area contributed by atoms with Crippen LogP contribution in [0.25, 0.3) is 0 Å². The molecule has 0 heterocycles. The Balaban J connectivity index is 4.82.